The Labute approximate surface area is 126 Å². The fraction of sp³-hybridized carbons (Fsp3) is 1.00. The van der Waals surface area contributed by atoms with Crippen LogP contribution in [0.4, 0.5) is 0 Å². The van der Waals surface area contributed by atoms with Crippen LogP contribution in [-0.2, 0) is 0 Å². The van der Waals surface area contributed by atoms with Crippen LogP contribution in [0.1, 0.15) is 78.1 Å². The van der Waals surface area contributed by atoms with E-state index in [-0.39, 0.29) is 0 Å². The standard InChI is InChI=1S/C18H36N2/c1-3-6-16-7-5-8-17(10-9-16)20-12-11-15(4-2)13-18(20)14-19/h15-18H,3-14,19H2,1-2H3. The Balaban J connectivity index is 1.89. The predicted octanol–water partition coefficient (Wildman–Crippen LogP) is 4.18. The van der Waals surface area contributed by atoms with Crippen molar-refractivity contribution in [3.05, 3.63) is 0 Å². The highest BCUT2D eigenvalue weighted by molar-refractivity contribution is 4.88. The van der Waals surface area contributed by atoms with E-state index in [0.29, 0.717) is 6.04 Å². The molecule has 2 nitrogen and oxygen atoms in total. The summed E-state index contributed by atoms with van der Waals surface area (Å²) in [7, 11) is 0. The smallest absolute Gasteiger partial charge is 0.0223 e. The van der Waals surface area contributed by atoms with Crippen LogP contribution < -0.4 is 5.73 Å². The number of rotatable bonds is 5. The molecule has 2 heteroatoms. The summed E-state index contributed by atoms with van der Waals surface area (Å²) in [6.07, 6.45) is 14.1. The van der Waals surface area contributed by atoms with Crippen LogP contribution in [0.15, 0.2) is 0 Å². The summed E-state index contributed by atoms with van der Waals surface area (Å²) in [5.74, 6) is 1.94. The second-order valence-electron chi connectivity index (χ2n) is 7.24. The second-order valence-corrected chi connectivity index (χ2v) is 7.24. The fourth-order valence-electron chi connectivity index (χ4n) is 4.62. The lowest BCUT2D eigenvalue weighted by Gasteiger charge is -2.43. The molecule has 0 aromatic rings. The second kappa shape index (κ2) is 8.38. The fourth-order valence-corrected chi connectivity index (χ4v) is 4.62. The van der Waals surface area contributed by atoms with E-state index in [1.807, 2.05) is 0 Å². The van der Waals surface area contributed by atoms with Gasteiger partial charge in [0, 0.05) is 18.6 Å². The average Bonchev–Trinajstić information content (AvgIpc) is 2.72. The number of hydrogen-bond donors (Lipinski definition) is 1. The zero-order valence-electron chi connectivity index (χ0n) is 13.8. The lowest BCUT2D eigenvalue weighted by molar-refractivity contribution is 0.0625. The van der Waals surface area contributed by atoms with Gasteiger partial charge in [-0.1, -0.05) is 46.0 Å². The van der Waals surface area contributed by atoms with Crippen molar-refractivity contribution < 1.29 is 0 Å². The summed E-state index contributed by atoms with van der Waals surface area (Å²) in [6.45, 7) is 6.85. The summed E-state index contributed by atoms with van der Waals surface area (Å²) < 4.78 is 0. The van der Waals surface area contributed by atoms with Crippen molar-refractivity contribution in [3.63, 3.8) is 0 Å². The quantitative estimate of drug-likeness (QED) is 0.765. The zero-order chi connectivity index (χ0) is 14.4. The SMILES string of the molecule is CCCC1CCCC(N2CCC(CC)CC2CN)CC1. The van der Waals surface area contributed by atoms with Crippen molar-refractivity contribution in [2.24, 2.45) is 17.6 Å². The molecule has 0 radical (unpaired) electrons. The van der Waals surface area contributed by atoms with E-state index >= 15 is 0 Å². The Morgan fingerprint density at radius 3 is 2.55 bits per heavy atom. The van der Waals surface area contributed by atoms with Crippen molar-refractivity contribution in [2.75, 3.05) is 13.1 Å². The molecule has 2 rings (SSSR count). The van der Waals surface area contributed by atoms with Crippen molar-refractivity contribution >= 4 is 0 Å². The van der Waals surface area contributed by atoms with Crippen LogP contribution in [0.3, 0.4) is 0 Å². The molecule has 2 fully saturated rings. The molecule has 1 saturated carbocycles. The number of likely N-dealkylation sites (tertiary alicyclic amines) is 1. The molecule has 20 heavy (non-hydrogen) atoms. The maximum absolute atomic E-state index is 6.09. The molecule has 2 N–H and O–H groups in total. The van der Waals surface area contributed by atoms with Gasteiger partial charge in [-0.05, 0) is 50.5 Å². The molecular weight excluding hydrogens is 244 g/mol. The highest BCUT2D eigenvalue weighted by atomic mass is 15.2. The van der Waals surface area contributed by atoms with Crippen LogP contribution in [0, 0.1) is 11.8 Å². The Morgan fingerprint density at radius 1 is 1.00 bits per heavy atom. The highest BCUT2D eigenvalue weighted by Crippen LogP contribution is 2.33. The van der Waals surface area contributed by atoms with Gasteiger partial charge < -0.3 is 5.73 Å². The molecular formula is C18H36N2. The van der Waals surface area contributed by atoms with E-state index in [0.717, 1.165) is 24.4 Å². The number of nitrogens with zero attached hydrogens (tertiary/aromatic N) is 1. The summed E-state index contributed by atoms with van der Waals surface area (Å²) in [5, 5.41) is 0. The molecule has 0 aromatic carbocycles. The monoisotopic (exact) mass is 280 g/mol. The van der Waals surface area contributed by atoms with Crippen molar-refractivity contribution in [3.8, 4) is 0 Å². The summed E-state index contributed by atoms with van der Waals surface area (Å²) >= 11 is 0. The summed E-state index contributed by atoms with van der Waals surface area (Å²) in [6, 6.07) is 1.50. The first-order valence-electron chi connectivity index (χ1n) is 9.24. The minimum absolute atomic E-state index is 0.668. The van der Waals surface area contributed by atoms with Gasteiger partial charge in [0.05, 0.1) is 0 Å². The van der Waals surface area contributed by atoms with Gasteiger partial charge in [0.25, 0.3) is 0 Å². The Hall–Kier alpha value is -0.0800. The molecule has 1 aliphatic heterocycles. The van der Waals surface area contributed by atoms with Gasteiger partial charge in [0.1, 0.15) is 0 Å². The van der Waals surface area contributed by atoms with E-state index in [2.05, 4.69) is 18.7 Å². The molecule has 1 aliphatic carbocycles. The molecule has 1 heterocycles. The van der Waals surface area contributed by atoms with Crippen LogP contribution in [0.5, 0.6) is 0 Å². The van der Waals surface area contributed by atoms with E-state index in [4.69, 9.17) is 5.73 Å². The van der Waals surface area contributed by atoms with Gasteiger partial charge >= 0.3 is 0 Å². The Bertz CT molecular complexity index is 266. The Kier molecular flexibility index (Phi) is 6.83. The van der Waals surface area contributed by atoms with E-state index in [9.17, 15) is 0 Å². The molecule has 0 amide bonds. The predicted molar refractivity (Wildman–Crippen MR) is 87.8 cm³/mol. The molecule has 4 atom stereocenters. The van der Waals surface area contributed by atoms with Gasteiger partial charge in [0.2, 0.25) is 0 Å². The van der Waals surface area contributed by atoms with Crippen LogP contribution in [0.25, 0.3) is 0 Å². The van der Waals surface area contributed by atoms with Crippen LogP contribution in [0.2, 0.25) is 0 Å². The molecule has 0 aromatic heterocycles. The number of nitrogens with two attached hydrogens (primary N) is 1. The lowest BCUT2D eigenvalue weighted by atomic mass is 9.87. The van der Waals surface area contributed by atoms with Gasteiger partial charge in [-0.15, -0.1) is 0 Å². The van der Waals surface area contributed by atoms with Gasteiger partial charge in [-0.25, -0.2) is 0 Å². The highest BCUT2D eigenvalue weighted by Gasteiger charge is 2.32. The van der Waals surface area contributed by atoms with Gasteiger partial charge in [-0.2, -0.15) is 0 Å². The van der Waals surface area contributed by atoms with E-state index in [1.54, 1.807) is 0 Å². The first-order chi connectivity index (χ1) is 9.78. The summed E-state index contributed by atoms with van der Waals surface area (Å²) in [4.78, 5) is 2.81. The molecule has 118 valence electrons. The third-order valence-corrected chi connectivity index (χ3v) is 5.94. The molecule has 4 unspecified atom stereocenters. The molecule has 1 saturated heterocycles. The molecule has 2 aliphatic rings. The van der Waals surface area contributed by atoms with Crippen molar-refractivity contribution in [1.82, 2.24) is 4.90 Å². The minimum atomic E-state index is 0.668. The first-order valence-corrected chi connectivity index (χ1v) is 9.24. The third kappa shape index (κ3) is 4.21. The molecule has 0 spiro atoms. The average molecular weight is 280 g/mol. The van der Waals surface area contributed by atoms with E-state index < -0.39 is 0 Å². The maximum atomic E-state index is 6.09. The summed E-state index contributed by atoms with van der Waals surface area (Å²) in [5.41, 5.74) is 6.09. The number of piperidine rings is 1. The first kappa shape index (κ1) is 16.3. The maximum Gasteiger partial charge on any atom is 0.0223 e. The van der Waals surface area contributed by atoms with Gasteiger partial charge in [-0.3, -0.25) is 4.90 Å². The van der Waals surface area contributed by atoms with Gasteiger partial charge in [0.15, 0.2) is 0 Å². The normalized spacial score (nSPS) is 36.8. The van der Waals surface area contributed by atoms with Crippen LogP contribution >= 0.6 is 0 Å². The van der Waals surface area contributed by atoms with Crippen molar-refractivity contribution in [2.45, 2.75) is 90.1 Å². The topological polar surface area (TPSA) is 29.3 Å². The van der Waals surface area contributed by atoms with Crippen LogP contribution in [-0.4, -0.2) is 30.1 Å². The number of hydrogen-bond acceptors (Lipinski definition) is 2. The lowest BCUT2D eigenvalue weighted by Crippen LogP contribution is -2.51. The molecule has 0 bridgehead atoms. The largest absolute Gasteiger partial charge is 0.329 e. The zero-order valence-corrected chi connectivity index (χ0v) is 13.8. The van der Waals surface area contributed by atoms with Crippen molar-refractivity contribution in [1.29, 1.82) is 0 Å². The van der Waals surface area contributed by atoms with E-state index in [1.165, 1.54) is 70.8 Å². The Morgan fingerprint density at radius 2 is 1.85 bits per heavy atom. The third-order valence-electron chi connectivity index (χ3n) is 5.94. The minimum Gasteiger partial charge on any atom is -0.329 e.